The number of methoxy groups -OCH3 is 2. The molecule has 6 heteroatoms. The number of hydrogen-bond donors (Lipinski definition) is 0. The highest BCUT2D eigenvalue weighted by Gasteiger charge is 2.31. The molecule has 0 bridgehead atoms. The molecule has 0 unspecified atom stereocenters. The number of esters is 2. The summed E-state index contributed by atoms with van der Waals surface area (Å²) in [7, 11) is 2.26. The molecule has 1 aliphatic carbocycles. The van der Waals surface area contributed by atoms with Gasteiger partial charge >= 0.3 is 11.9 Å². The largest absolute Gasteiger partial charge is 0.465 e. The van der Waals surface area contributed by atoms with E-state index in [0.29, 0.717) is 11.1 Å². The van der Waals surface area contributed by atoms with E-state index in [1.54, 1.807) is 0 Å². The van der Waals surface area contributed by atoms with Crippen molar-refractivity contribution >= 4 is 17.5 Å². The third kappa shape index (κ3) is 2.17. The summed E-state index contributed by atoms with van der Waals surface area (Å²) in [6.07, 6.45) is 0.459. The van der Waals surface area contributed by atoms with Gasteiger partial charge in [-0.15, -0.1) is 0 Å². The normalized spacial score (nSPS) is 12.9. The molecule has 0 radical (unpaired) electrons. The van der Waals surface area contributed by atoms with Gasteiger partial charge in [0.25, 0.3) is 0 Å². The van der Waals surface area contributed by atoms with Crippen LogP contribution in [0.4, 0.5) is 8.78 Å². The van der Waals surface area contributed by atoms with Crippen molar-refractivity contribution in [3.63, 3.8) is 0 Å². The summed E-state index contributed by atoms with van der Waals surface area (Å²) < 4.78 is 36.0. The Balaban J connectivity index is 2.65. The van der Waals surface area contributed by atoms with E-state index in [-0.39, 0.29) is 24.0 Å². The highest BCUT2D eigenvalue weighted by Crippen LogP contribution is 2.37. The minimum Gasteiger partial charge on any atom is -0.465 e. The lowest BCUT2D eigenvalue weighted by Gasteiger charge is -2.09. The number of hydrogen-bond acceptors (Lipinski definition) is 4. The van der Waals surface area contributed by atoms with E-state index in [4.69, 9.17) is 0 Å². The Morgan fingerprint density at radius 1 is 1.05 bits per heavy atom. The van der Waals surface area contributed by atoms with Crippen LogP contribution >= 0.6 is 0 Å². The maximum absolute atomic E-state index is 13.7. The van der Waals surface area contributed by atoms with Crippen LogP contribution in [0, 0.1) is 11.6 Å². The minimum atomic E-state index is -0.956. The predicted molar refractivity (Wildman–Crippen MR) is 65.6 cm³/mol. The van der Waals surface area contributed by atoms with Crippen LogP contribution in [0.2, 0.25) is 0 Å². The Morgan fingerprint density at radius 2 is 1.65 bits per heavy atom. The lowest BCUT2D eigenvalue weighted by Crippen LogP contribution is -2.17. The van der Waals surface area contributed by atoms with Crippen molar-refractivity contribution in [2.24, 2.45) is 0 Å². The van der Waals surface area contributed by atoms with Crippen LogP contribution in [-0.4, -0.2) is 26.2 Å². The molecule has 106 valence electrons. The smallest absolute Gasteiger partial charge is 0.345 e. The van der Waals surface area contributed by atoms with Gasteiger partial charge in [0.1, 0.15) is 5.57 Å². The van der Waals surface area contributed by atoms with Crippen LogP contribution in [0.25, 0.3) is 5.57 Å². The molecular weight excluding hydrogens is 270 g/mol. The van der Waals surface area contributed by atoms with Gasteiger partial charge in [-0.05, 0) is 35.6 Å². The highest BCUT2D eigenvalue weighted by molar-refractivity contribution is 6.20. The average Bonchev–Trinajstić information content (AvgIpc) is 2.87. The fourth-order valence-electron chi connectivity index (χ4n) is 2.30. The quantitative estimate of drug-likeness (QED) is 0.360. The molecule has 20 heavy (non-hydrogen) atoms. The molecule has 0 saturated heterocycles. The number of carbonyl (C=O) groups is 2. The van der Waals surface area contributed by atoms with Gasteiger partial charge in [-0.1, -0.05) is 6.07 Å². The van der Waals surface area contributed by atoms with E-state index >= 15 is 0 Å². The minimum absolute atomic E-state index is 0.158. The first-order valence-corrected chi connectivity index (χ1v) is 5.88. The number of benzene rings is 1. The molecule has 0 atom stereocenters. The van der Waals surface area contributed by atoms with Gasteiger partial charge in [0.2, 0.25) is 0 Å². The fraction of sp³-hybridized carbons (Fsp3) is 0.286. The highest BCUT2D eigenvalue weighted by atomic mass is 19.2. The molecule has 0 spiro atoms. The maximum atomic E-state index is 13.7. The second-order valence-corrected chi connectivity index (χ2v) is 4.22. The Hall–Kier alpha value is -2.24. The van der Waals surface area contributed by atoms with Crippen LogP contribution in [0.5, 0.6) is 0 Å². The molecule has 0 aromatic heterocycles. The Kier molecular flexibility index (Phi) is 3.83. The topological polar surface area (TPSA) is 52.6 Å². The van der Waals surface area contributed by atoms with Crippen molar-refractivity contribution in [1.82, 2.24) is 0 Å². The summed E-state index contributed by atoms with van der Waals surface area (Å²) in [6.45, 7) is 0. The van der Waals surface area contributed by atoms with Gasteiger partial charge in [0.15, 0.2) is 11.6 Å². The molecule has 1 aromatic carbocycles. The number of carbonyl (C=O) groups excluding carboxylic acids is 2. The summed E-state index contributed by atoms with van der Waals surface area (Å²) in [6, 6.07) is 2.31. The van der Waals surface area contributed by atoms with Crippen LogP contribution in [0.15, 0.2) is 17.7 Å². The second-order valence-electron chi connectivity index (χ2n) is 4.22. The molecule has 0 fully saturated rings. The Bertz CT molecular complexity index is 602. The molecule has 1 aliphatic rings. The lowest BCUT2D eigenvalue weighted by molar-refractivity contribution is -0.143. The van der Waals surface area contributed by atoms with E-state index in [2.05, 4.69) is 9.47 Å². The SMILES string of the molecule is COC(=O)C(C(=O)OC)=C1CCc2c1ccc(F)c2F. The van der Waals surface area contributed by atoms with Crippen molar-refractivity contribution in [1.29, 1.82) is 0 Å². The van der Waals surface area contributed by atoms with Crippen LogP contribution in [-0.2, 0) is 25.5 Å². The van der Waals surface area contributed by atoms with Crippen LogP contribution in [0.3, 0.4) is 0 Å². The van der Waals surface area contributed by atoms with Gasteiger partial charge in [-0.25, -0.2) is 18.4 Å². The van der Waals surface area contributed by atoms with E-state index < -0.39 is 23.6 Å². The number of allylic oxidation sites excluding steroid dienone is 1. The monoisotopic (exact) mass is 282 g/mol. The van der Waals surface area contributed by atoms with Gasteiger partial charge < -0.3 is 9.47 Å². The summed E-state index contributed by atoms with van der Waals surface area (Å²) in [4.78, 5) is 23.4. The number of fused-ring (bicyclic) bond motifs is 1. The van der Waals surface area contributed by atoms with Crippen molar-refractivity contribution in [2.75, 3.05) is 14.2 Å². The first kappa shape index (κ1) is 14.2. The Morgan fingerprint density at radius 3 is 2.20 bits per heavy atom. The van der Waals surface area contributed by atoms with Crippen molar-refractivity contribution < 1.29 is 27.8 Å². The van der Waals surface area contributed by atoms with Crippen molar-refractivity contribution in [3.8, 4) is 0 Å². The zero-order valence-corrected chi connectivity index (χ0v) is 11.0. The standard InChI is InChI=1S/C14H12F2O4/c1-19-13(17)11(14(18)20-2)8-3-4-9-7(8)5-6-10(15)12(9)16/h5-6H,3-4H2,1-2H3. The number of halogens is 2. The third-order valence-electron chi connectivity index (χ3n) is 3.23. The molecule has 0 N–H and O–H groups in total. The summed E-state index contributed by atoms with van der Waals surface area (Å²) in [5.41, 5.74) is 0.539. The number of ether oxygens (including phenoxy) is 2. The second kappa shape index (κ2) is 5.40. The fourth-order valence-corrected chi connectivity index (χ4v) is 2.30. The first-order valence-electron chi connectivity index (χ1n) is 5.88. The van der Waals surface area contributed by atoms with Crippen LogP contribution < -0.4 is 0 Å². The maximum Gasteiger partial charge on any atom is 0.345 e. The molecule has 0 aliphatic heterocycles. The zero-order valence-electron chi connectivity index (χ0n) is 11.0. The predicted octanol–water partition coefficient (Wildman–Crippen LogP) is 2.01. The van der Waals surface area contributed by atoms with E-state index in [1.807, 2.05) is 0 Å². The van der Waals surface area contributed by atoms with Crippen molar-refractivity contribution in [3.05, 3.63) is 40.5 Å². The van der Waals surface area contributed by atoms with Gasteiger partial charge in [0, 0.05) is 0 Å². The van der Waals surface area contributed by atoms with Gasteiger partial charge in [0.05, 0.1) is 14.2 Å². The molecular formula is C14H12F2O4. The lowest BCUT2D eigenvalue weighted by atomic mass is 10.0. The molecule has 0 amide bonds. The Labute approximate surface area is 114 Å². The molecule has 0 heterocycles. The molecule has 0 saturated carbocycles. The van der Waals surface area contributed by atoms with Crippen molar-refractivity contribution in [2.45, 2.75) is 12.8 Å². The van der Waals surface area contributed by atoms with Gasteiger partial charge in [-0.3, -0.25) is 0 Å². The van der Waals surface area contributed by atoms with E-state index in [0.717, 1.165) is 20.3 Å². The average molecular weight is 282 g/mol. The summed E-state index contributed by atoms with van der Waals surface area (Å²) in [5, 5.41) is 0. The molecule has 2 rings (SSSR count). The van der Waals surface area contributed by atoms with E-state index in [1.165, 1.54) is 6.07 Å². The third-order valence-corrected chi connectivity index (χ3v) is 3.23. The van der Waals surface area contributed by atoms with Crippen LogP contribution in [0.1, 0.15) is 17.5 Å². The summed E-state index contributed by atoms with van der Waals surface area (Å²) in [5.74, 6) is -3.62. The van der Waals surface area contributed by atoms with E-state index in [9.17, 15) is 18.4 Å². The zero-order chi connectivity index (χ0) is 14.9. The molecule has 1 aromatic rings. The number of rotatable bonds is 2. The first-order chi connectivity index (χ1) is 9.51. The molecule has 4 nitrogen and oxygen atoms in total. The van der Waals surface area contributed by atoms with Gasteiger partial charge in [-0.2, -0.15) is 0 Å². The summed E-state index contributed by atoms with van der Waals surface area (Å²) >= 11 is 0.